The number of rotatable bonds is 4. The highest BCUT2D eigenvalue weighted by atomic mass is 32.1. The van der Waals surface area contributed by atoms with Gasteiger partial charge in [0.25, 0.3) is 0 Å². The third-order valence-corrected chi connectivity index (χ3v) is 3.35. The van der Waals surface area contributed by atoms with Crippen molar-refractivity contribution >= 4 is 11.3 Å². The highest BCUT2D eigenvalue weighted by Gasteiger charge is 2.14. The van der Waals surface area contributed by atoms with Gasteiger partial charge in [-0.3, -0.25) is 5.10 Å². The fourth-order valence-corrected chi connectivity index (χ4v) is 2.46. The Hall–Kier alpha value is -2.35. The number of alkyl halides is 2. The zero-order valence-electron chi connectivity index (χ0n) is 9.96. The fraction of sp³-hybridized carbons (Fsp3) is 0.0833. The molecule has 0 atom stereocenters. The normalized spacial score (nSPS) is 10.9. The van der Waals surface area contributed by atoms with E-state index in [0.717, 1.165) is 0 Å². The Kier molecular flexibility index (Phi) is 3.38. The molecule has 0 radical (unpaired) electrons. The monoisotopic (exact) mass is 294 g/mol. The van der Waals surface area contributed by atoms with Crippen molar-refractivity contribution < 1.29 is 13.5 Å². The Morgan fingerprint density at radius 1 is 1.25 bits per heavy atom. The van der Waals surface area contributed by atoms with Crippen molar-refractivity contribution in [2.45, 2.75) is 6.61 Å². The lowest BCUT2D eigenvalue weighted by molar-refractivity contribution is -0.0494. The lowest BCUT2D eigenvalue weighted by atomic mass is 10.1. The van der Waals surface area contributed by atoms with Gasteiger partial charge >= 0.3 is 6.61 Å². The number of ether oxygens (including phenoxy) is 1. The molecule has 102 valence electrons. The zero-order valence-corrected chi connectivity index (χ0v) is 10.8. The van der Waals surface area contributed by atoms with Crippen LogP contribution in [-0.4, -0.2) is 26.8 Å². The lowest BCUT2D eigenvalue weighted by Gasteiger charge is -2.08. The number of para-hydroxylation sites is 1. The van der Waals surface area contributed by atoms with Crippen LogP contribution < -0.4 is 4.74 Å². The first-order valence-corrected chi connectivity index (χ1v) is 6.47. The van der Waals surface area contributed by atoms with Gasteiger partial charge in [0.15, 0.2) is 10.8 Å². The van der Waals surface area contributed by atoms with Crippen molar-refractivity contribution in [3.05, 3.63) is 36.0 Å². The first kappa shape index (κ1) is 12.7. The Bertz CT molecular complexity index is 699. The van der Waals surface area contributed by atoms with E-state index in [0.29, 0.717) is 22.1 Å². The van der Waals surface area contributed by atoms with Crippen molar-refractivity contribution in [1.82, 2.24) is 20.2 Å². The largest absolute Gasteiger partial charge is 0.434 e. The van der Waals surface area contributed by atoms with Crippen molar-refractivity contribution in [2.24, 2.45) is 0 Å². The van der Waals surface area contributed by atoms with Crippen LogP contribution in [0.2, 0.25) is 0 Å². The first-order chi connectivity index (χ1) is 9.74. The smallest absolute Gasteiger partial charge is 0.387 e. The van der Waals surface area contributed by atoms with Gasteiger partial charge in [0.05, 0.1) is 5.69 Å². The summed E-state index contributed by atoms with van der Waals surface area (Å²) in [5.74, 6) is 0.630. The van der Waals surface area contributed by atoms with Crippen LogP contribution in [-0.2, 0) is 0 Å². The molecule has 0 amide bonds. The van der Waals surface area contributed by atoms with Gasteiger partial charge in [0.2, 0.25) is 0 Å². The van der Waals surface area contributed by atoms with Gasteiger partial charge in [0.1, 0.15) is 12.1 Å². The van der Waals surface area contributed by atoms with Crippen LogP contribution in [0, 0.1) is 0 Å². The molecule has 0 aliphatic heterocycles. The summed E-state index contributed by atoms with van der Waals surface area (Å²) in [6.45, 7) is -2.87. The Morgan fingerprint density at radius 3 is 2.85 bits per heavy atom. The van der Waals surface area contributed by atoms with Crippen LogP contribution in [0.3, 0.4) is 0 Å². The maximum absolute atomic E-state index is 12.4. The maximum Gasteiger partial charge on any atom is 0.387 e. The van der Waals surface area contributed by atoms with Crippen LogP contribution in [0.5, 0.6) is 5.75 Å². The molecule has 2 aromatic heterocycles. The van der Waals surface area contributed by atoms with Crippen LogP contribution in [0.25, 0.3) is 22.1 Å². The Morgan fingerprint density at radius 2 is 2.10 bits per heavy atom. The second-order valence-corrected chi connectivity index (χ2v) is 4.60. The average Bonchev–Trinajstić information content (AvgIpc) is 3.10. The Labute approximate surface area is 116 Å². The number of hydrogen-bond donors (Lipinski definition) is 1. The first-order valence-electron chi connectivity index (χ1n) is 5.59. The van der Waals surface area contributed by atoms with E-state index < -0.39 is 6.61 Å². The molecule has 0 unspecified atom stereocenters. The third kappa shape index (κ3) is 2.50. The summed E-state index contributed by atoms with van der Waals surface area (Å²) < 4.78 is 29.3. The summed E-state index contributed by atoms with van der Waals surface area (Å²) >= 11 is 1.34. The van der Waals surface area contributed by atoms with Gasteiger partial charge in [-0.25, -0.2) is 9.97 Å². The molecule has 3 rings (SSSR count). The number of nitrogens with one attached hydrogen (secondary N) is 1. The average molecular weight is 294 g/mol. The molecule has 8 heteroatoms. The minimum absolute atomic E-state index is 0.0944. The molecular formula is C12H8F2N4OS. The predicted molar refractivity (Wildman–Crippen MR) is 69.6 cm³/mol. The number of aromatic amines is 1. The number of H-pyrrole nitrogens is 1. The quantitative estimate of drug-likeness (QED) is 0.802. The highest BCUT2D eigenvalue weighted by molar-refractivity contribution is 7.13. The van der Waals surface area contributed by atoms with Crippen molar-refractivity contribution in [2.75, 3.05) is 0 Å². The van der Waals surface area contributed by atoms with Crippen molar-refractivity contribution in [3.8, 4) is 27.8 Å². The number of nitrogens with zero attached hydrogens (tertiary/aromatic N) is 3. The van der Waals surface area contributed by atoms with E-state index in [1.807, 2.05) is 0 Å². The van der Waals surface area contributed by atoms with Gasteiger partial charge in [-0.15, -0.1) is 11.3 Å². The van der Waals surface area contributed by atoms with Gasteiger partial charge in [-0.05, 0) is 12.1 Å². The molecule has 5 nitrogen and oxygen atoms in total. The minimum Gasteiger partial charge on any atom is -0.434 e. The molecule has 0 saturated heterocycles. The van der Waals surface area contributed by atoms with Crippen LogP contribution in [0.15, 0.2) is 36.0 Å². The van der Waals surface area contributed by atoms with Gasteiger partial charge < -0.3 is 4.74 Å². The summed E-state index contributed by atoms with van der Waals surface area (Å²) in [6, 6.07) is 6.53. The molecule has 0 bridgehead atoms. The Balaban J connectivity index is 1.97. The predicted octanol–water partition coefficient (Wildman–Crippen LogP) is 3.20. The third-order valence-electron chi connectivity index (χ3n) is 2.50. The topological polar surface area (TPSA) is 63.7 Å². The molecule has 20 heavy (non-hydrogen) atoms. The zero-order chi connectivity index (χ0) is 13.9. The van der Waals surface area contributed by atoms with E-state index in [-0.39, 0.29) is 5.75 Å². The maximum atomic E-state index is 12.4. The van der Waals surface area contributed by atoms with Crippen LogP contribution in [0.1, 0.15) is 0 Å². The number of halogens is 2. The molecule has 1 aromatic carbocycles. The SMILES string of the molecule is FC(F)Oc1ccccc1-c1csc(-c2ncn[nH]2)n1. The lowest BCUT2D eigenvalue weighted by Crippen LogP contribution is -2.03. The number of hydrogen-bond acceptors (Lipinski definition) is 5. The van der Waals surface area contributed by atoms with E-state index in [1.165, 1.54) is 23.7 Å². The van der Waals surface area contributed by atoms with Crippen LogP contribution >= 0.6 is 11.3 Å². The summed E-state index contributed by atoms with van der Waals surface area (Å²) in [5, 5.41) is 8.83. The molecule has 2 heterocycles. The molecule has 0 aliphatic carbocycles. The van der Waals surface area contributed by atoms with Gasteiger partial charge in [0, 0.05) is 10.9 Å². The molecule has 0 saturated carbocycles. The number of thiazole rings is 1. The van der Waals surface area contributed by atoms with Crippen LogP contribution in [0.4, 0.5) is 8.78 Å². The molecule has 1 N–H and O–H groups in total. The molecular weight excluding hydrogens is 286 g/mol. The van der Waals surface area contributed by atoms with Crippen molar-refractivity contribution in [1.29, 1.82) is 0 Å². The standard InChI is InChI=1S/C12H8F2N4OS/c13-12(14)19-9-4-2-1-3-7(9)8-5-20-11(17-8)10-15-6-16-18-10/h1-6,12H,(H,15,16,18). The highest BCUT2D eigenvalue weighted by Crippen LogP contribution is 2.33. The number of benzene rings is 1. The summed E-state index contributed by atoms with van der Waals surface area (Å²) in [4.78, 5) is 8.35. The van der Waals surface area contributed by atoms with E-state index in [2.05, 4.69) is 24.9 Å². The summed E-state index contributed by atoms with van der Waals surface area (Å²) in [5.41, 5.74) is 1.06. The second kappa shape index (κ2) is 5.33. The molecule has 0 aliphatic rings. The minimum atomic E-state index is -2.87. The van der Waals surface area contributed by atoms with E-state index in [1.54, 1.807) is 23.6 Å². The summed E-state index contributed by atoms with van der Waals surface area (Å²) in [7, 11) is 0. The number of aromatic nitrogens is 4. The molecule has 0 fully saturated rings. The second-order valence-electron chi connectivity index (χ2n) is 3.75. The van der Waals surface area contributed by atoms with Gasteiger partial charge in [-0.1, -0.05) is 12.1 Å². The summed E-state index contributed by atoms with van der Waals surface area (Å²) in [6.07, 6.45) is 1.38. The van der Waals surface area contributed by atoms with E-state index >= 15 is 0 Å². The molecule has 0 spiro atoms. The van der Waals surface area contributed by atoms with Crippen molar-refractivity contribution in [3.63, 3.8) is 0 Å². The fourth-order valence-electron chi connectivity index (χ4n) is 1.69. The van der Waals surface area contributed by atoms with Gasteiger partial charge in [-0.2, -0.15) is 13.9 Å². The molecule has 3 aromatic rings. The van der Waals surface area contributed by atoms with E-state index in [4.69, 9.17) is 0 Å². The van der Waals surface area contributed by atoms with E-state index in [9.17, 15) is 8.78 Å².